The second-order valence-electron chi connectivity index (χ2n) is 10.3. The fraction of sp³-hybridized carbons (Fsp3) is 0.188. The van der Waals surface area contributed by atoms with Crippen LogP contribution in [0.5, 0.6) is 0 Å². The van der Waals surface area contributed by atoms with Gasteiger partial charge in [0.05, 0.1) is 15.7 Å². The van der Waals surface area contributed by atoms with Crippen molar-refractivity contribution in [2.45, 2.75) is 28.9 Å². The number of halogens is 1. The minimum atomic E-state index is -4.23. The zero-order valence-corrected chi connectivity index (χ0v) is 26.0. The molecule has 1 aliphatic heterocycles. The third kappa shape index (κ3) is 7.02. The summed E-state index contributed by atoms with van der Waals surface area (Å²) in [6.07, 6.45) is 1.27. The molecule has 0 saturated carbocycles. The van der Waals surface area contributed by atoms with Crippen molar-refractivity contribution in [1.82, 2.24) is 4.72 Å². The fourth-order valence-electron chi connectivity index (χ4n) is 5.06. The lowest BCUT2D eigenvalue weighted by Gasteiger charge is -2.37. The number of sulfone groups is 1. The topological polar surface area (TPSA) is 127 Å². The number of amides is 1. The summed E-state index contributed by atoms with van der Waals surface area (Å²) < 4.78 is 59.3. The van der Waals surface area contributed by atoms with Crippen molar-refractivity contribution in [2.24, 2.45) is 5.92 Å². The molecule has 1 amide bonds. The first-order chi connectivity index (χ1) is 20.9. The van der Waals surface area contributed by atoms with E-state index in [0.717, 1.165) is 11.8 Å². The molecule has 0 aromatic heterocycles. The molecule has 2 atom stereocenters. The lowest BCUT2D eigenvalue weighted by Crippen LogP contribution is -2.58. The summed E-state index contributed by atoms with van der Waals surface area (Å²) >= 11 is 5.93. The van der Waals surface area contributed by atoms with Crippen LogP contribution in [-0.4, -0.2) is 47.6 Å². The molecule has 1 N–H and O–H groups in total. The van der Waals surface area contributed by atoms with Gasteiger partial charge in [-0.05, 0) is 60.0 Å². The first-order valence-corrected chi connectivity index (χ1v) is 17.4. The predicted octanol–water partition coefficient (Wildman–Crippen LogP) is 4.85. The van der Waals surface area contributed by atoms with Crippen LogP contribution in [0.25, 0.3) is 11.1 Å². The van der Waals surface area contributed by atoms with Gasteiger partial charge in [-0.15, -0.1) is 0 Å². The highest BCUT2D eigenvalue weighted by Crippen LogP contribution is 2.32. The molecule has 1 aliphatic rings. The molecule has 228 valence electrons. The van der Waals surface area contributed by atoms with Crippen LogP contribution in [0.2, 0.25) is 5.02 Å². The Morgan fingerprint density at radius 2 is 1.52 bits per heavy atom. The van der Waals surface area contributed by atoms with Gasteiger partial charge in [-0.25, -0.2) is 16.8 Å². The van der Waals surface area contributed by atoms with Crippen LogP contribution < -0.4 is 9.62 Å². The molecular weight excluding hydrogens is 624 g/mol. The van der Waals surface area contributed by atoms with E-state index in [2.05, 4.69) is 4.72 Å². The van der Waals surface area contributed by atoms with Gasteiger partial charge >= 0.3 is 5.97 Å². The summed E-state index contributed by atoms with van der Waals surface area (Å²) in [5.41, 5.74) is 2.35. The molecule has 5 rings (SSSR count). The van der Waals surface area contributed by atoms with Gasteiger partial charge in [0.2, 0.25) is 15.9 Å². The number of hydrogen-bond donors (Lipinski definition) is 1. The smallest absolute Gasteiger partial charge is 0.311 e. The third-order valence-corrected chi connectivity index (χ3v) is 10.2. The number of rotatable bonds is 9. The van der Waals surface area contributed by atoms with E-state index in [1.165, 1.54) is 35.2 Å². The zero-order valence-electron chi connectivity index (χ0n) is 23.6. The predicted molar refractivity (Wildman–Crippen MR) is 167 cm³/mol. The Kier molecular flexibility index (Phi) is 9.21. The van der Waals surface area contributed by atoms with Gasteiger partial charge in [-0.2, -0.15) is 4.72 Å². The molecule has 44 heavy (non-hydrogen) atoms. The van der Waals surface area contributed by atoms with Crippen molar-refractivity contribution < 1.29 is 31.2 Å². The van der Waals surface area contributed by atoms with Crippen molar-refractivity contribution in [3.8, 4) is 11.1 Å². The van der Waals surface area contributed by atoms with E-state index >= 15 is 0 Å². The Balaban J connectivity index is 1.43. The van der Waals surface area contributed by atoms with Crippen molar-refractivity contribution in [3.05, 3.63) is 114 Å². The first-order valence-electron chi connectivity index (χ1n) is 13.6. The number of nitrogens with one attached hydrogen (secondary N) is 1. The first kappa shape index (κ1) is 31.4. The van der Waals surface area contributed by atoms with Crippen molar-refractivity contribution in [3.63, 3.8) is 0 Å². The normalized spacial score (nSPS) is 17.3. The molecule has 4 aromatic carbocycles. The lowest BCUT2D eigenvalue weighted by atomic mass is 9.91. The van der Waals surface area contributed by atoms with E-state index in [4.69, 9.17) is 16.3 Å². The van der Waals surface area contributed by atoms with Crippen LogP contribution in [0.15, 0.2) is 113 Å². The summed E-state index contributed by atoms with van der Waals surface area (Å²) in [4.78, 5) is 28.6. The van der Waals surface area contributed by atoms with Crippen molar-refractivity contribution in [2.75, 3.05) is 17.7 Å². The van der Waals surface area contributed by atoms with E-state index in [9.17, 15) is 26.4 Å². The van der Waals surface area contributed by atoms with Crippen molar-refractivity contribution in [1.29, 1.82) is 0 Å². The standard InChI is InChI=1S/C32H29ClN2O7S2/c1-43(38,39)29-10-6-5-9-27(29)23-11-15-25(16-12-23)35-20-19-28(32(37)42-21-22-7-3-2-4-8-22)30(31(35)36)34-44(40,41)26-17-13-24(33)14-18-26/h2-18,28,30,34H,19-21H2,1H3. The third-order valence-electron chi connectivity index (χ3n) is 7.31. The van der Waals surface area contributed by atoms with Gasteiger partial charge in [0, 0.05) is 29.1 Å². The SMILES string of the molecule is CS(=O)(=O)c1ccccc1-c1ccc(N2CCC(C(=O)OCc3ccccc3)C(NS(=O)(=O)c3ccc(Cl)cc3)C2=O)cc1. The van der Waals surface area contributed by atoms with Crippen LogP contribution >= 0.6 is 11.6 Å². The number of nitrogens with zero attached hydrogens (tertiary/aromatic N) is 1. The van der Waals surface area contributed by atoms with Gasteiger partial charge in [0.25, 0.3) is 0 Å². The summed E-state index contributed by atoms with van der Waals surface area (Å²) in [5, 5.41) is 0.342. The Hall–Kier alpha value is -4.03. The van der Waals surface area contributed by atoms with Gasteiger partial charge in [0.1, 0.15) is 12.6 Å². The minimum absolute atomic E-state index is 0.0266. The second-order valence-corrected chi connectivity index (χ2v) is 14.5. The van der Waals surface area contributed by atoms with Crippen LogP contribution in [0.1, 0.15) is 12.0 Å². The average Bonchev–Trinajstić information content (AvgIpc) is 3.01. The number of anilines is 1. The van der Waals surface area contributed by atoms with Crippen molar-refractivity contribution >= 4 is 49.0 Å². The number of piperidine rings is 1. The Bertz CT molecular complexity index is 1880. The largest absolute Gasteiger partial charge is 0.461 e. The van der Waals surface area contributed by atoms with Gasteiger partial charge in [-0.1, -0.05) is 72.3 Å². The number of carbonyl (C=O) groups is 2. The van der Waals surface area contributed by atoms with Crippen LogP contribution in [0.4, 0.5) is 5.69 Å². The maximum atomic E-state index is 13.9. The highest BCUT2D eigenvalue weighted by molar-refractivity contribution is 7.91. The number of hydrogen-bond acceptors (Lipinski definition) is 7. The quantitative estimate of drug-likeness (QED) is 0.256. The molecule has 0 aliphatic carbocycles. The second kappa shape index (κ2) is 12.9. The summed E-state index contributed by atoms with van der Waals surface area (Å²) in [6, 6.07) is 26.3. The van der Waals surface area contributed by atoms with E-state index in [1.54, 1.807) is 66.7 Å². The van der Waals surface area contributed by atoms with E-state index in [-0.39, 0.29) is 29.4 Å². The summed E-state index contributed by atoms with van der Waals surface area (Å²) in [6.45, 7) is 0.101. The maximum absolute atomic E-state index is 13.9. The lowest BCUT2D eigenvalue weighted by molar-refractivity contribution is -0.153. The van der Waals surface area contributed by atoms with Crippen LogP contribution in [-0.2, 0) is 40.8 Å². The van der Waals surface area contributed by atoms with E-state index in [1.807, 2.05) is 6.07 Å². The van der Waals surface area contributed by atoms with Crippen LogP contribution in [0, 0.1) is 5.92 Å². The molecule has 1 fully saturated rings. The highest BCUT2D eigenvalue weighted by atomic mass is 35.5. The minimum Gasteiger partial charge on any atom is -0.461 e. The molecular formula is C32H29ClN2O7S2. The molecule has 0 radical (unpaired) electrons. The zero-order chi connectivity index (χ0) is 31.5. The monoisotopic (exact) mass is 652 g/mol. The van der Waals surface area contributed by atoms with E-state index in [0.29, 0.717) is 21.8 Å². The molecule has 4 aromatic rings. The molecule has 1 saturated heterocycles. The fourth-order valence-corrected chi connectivity index (χ4v) is 7.33. The maximum Gasteiger partial charge on any atom is 0.311 e. The van der Waals surface area contributed by atoms with E-state index < -0.39 is 43.7 Å². The number of sulfonamides is 1. The molecule has 0 bridgehead atoms. The number of esters is 1. The molecule has 1 heterocycles. The molecule has 9 nitrogen and oxygen atoms in total. The molecule has 0 spiro atoms. The highest BCUT2D eigenvalue weighted by Gasteiger charge is 2.44. The van der Waals surface area contributed by atoms with Crippen LogP contribution in [0.3, 0.4) is 0 Å². The Morgan fingerprint density at radius 3 is 2.18 bits per heavy atom. The average molecular weight is 653 g/mol. The summed E-state index contributed by atoms with van der Waals surface area (Å²) in [5.74, 6) is -2.40. The molecule has 2 unspecified atom stereocenters. The van der Waals surface area contributed by atoms with Gasteiger partial charge in [0.15, 0.2) is 9.84 Å². The number of carbonyl (C=O) groups excluding carboxylic acids is 2. The number of benzene rings is 4. The Labute approximate surface area is 261 Å². The van der Waals surface area contributed by atoms with Gasteiger partial charge in [-0.3, -0.25) is 9.59 Å². The summed E-state index contributed by atoms with van der Waals surface area (Å²) in [7, 11) is -7.72. The van der Waals surface area contributed by atoms with Gasteiger partial charge < -0.3 is 9.64 Å². The number of ether oxygens (including phenoxy) is 1. The Morgan fingerprint density at radius 1 is 0.886 bits per heavy atom. The molecule has 12 heteroatoms.